The van der Waals surface area contributed by atoms with Crippen molar-refractivity contribution in [2.45, 2.75) is 16.3 Å². The number of hydrogen-bond donors (Lipinski definition) is 1. The summed E-state index contributed by atoms with van der Waals surface area (Å²) in [6.07, 6.45) is -0.927. The highest BCUT2D eigenvalue weighted by Crippen LogP contribution is 2.34. The van der Waals surface area contributed by atoms with E-state index in [4.69, 9.17) is 39.9 Å². The van der Waals surface area contributed by atoms with Crippen molar-refractivity contribution in [3.8, 4) is 0 Å². The number of carboxylic acid groups (broad SMARTS) is 1. The largest absolute Gasteiger partial charge is 0.506 e. The molecule has 3 nitrogen and oxygen atoms in total. The number of halogens is 3. The van der Waals surface area contributed by atoms with E-state index in [1.807, 2.05) is 0 Å². The molecule has 0 radical (unpaired) electrons. The third kappa shape index (κ3) is 4.70. The molecule has 0 bridgehead atoms. The van der Waals surface area contributed by atoms with Crippen molar-refractivity contribution in [1.29, 1.82) is 0 Å². The smallest absolute Gasteiger partial charge is 0.450 e. The lowest BCUT2D eigenvalue weighted by atomic mass is 10.3. The fraction of sp³-hybridized carbons (Fsp3) is 0.500. The van der Waals surface area contributed by atoms with Crippen LogP contribution in [0.2, 0.25) is 0 Å². The first kappa shape index (κ1) is 11.9. The average Bonchev–Trinajstić information content (AvgIpc) is 1.83. The van der Waals surface area contributed by atoms with Crippen LogP contribution < -0.4 is 0 Å². The molecule has 0 aliphatic rings. The molecule has 0 heterocycles. The van der Waals surface area contributed by atoms with E-state index in [9.17, 15) is 4.79 Å². The summed E-state index contributed by atoms with van der Waals surface area (Å²) in [5, 5.41) is 8.24. The summed E-state index contributed by atoms with van der Waals surface area (Å²) in [5.41, 5.74) is 0. The van der Waals surface area contributed by atoms with Crippen LogP contribution in [-0.4, -0.2) is 21.2 Å². The SMILES string of the molecule is C=CCC(OC(=O)O)C(Cl)(Cl)Cl. The Kier molecular flexibility index (Phi) is 4.75. The van der Waals surface area contributed by atoms with E-state index >= 15 is 0 Å². The van der Waals surface area contributed by atoms with Gasteiger partial charge >= 0.3 is 6.16 Å². The van der Waals surface area contributed by atoms with Gasteiger partial charge in [0.15, 0.2) is 6.10 Å². The summed E-state index contributed by atoms with van der Waals surface area (Å²) in [5.74, 6) is 0. The van der Waals surface area contributed by atoms with Crippen molar-refractivity contribution in [1.82, 2.24) is 0 Å². The molecular formula is C6H7Cl3O3. The standard InChI is InChI=1S/C6H7Cl3O3/c1-2-3-4(6(7,8)9)12-5(10)11/h2,4H,1,3H2,(H,10,11). The summed E-state index contributed by atoms with van der Waals surface area (Å²) in [6, 6.07) is 0. The van der Waals surface area contributed by atoms with Gasteiger partial charge in [-0.05, 0) is 0 Å². The average molecular weight is 233 g/mol. The molecule has 0 spiro atoms. The van der Waals surface area contributed by atoms with E-state index in [2.05, 4.69) is 11.3 Å². The highest BCUT2D eigenvalue weighted by molar-refractivity contribution is 6.68. The van der Waals surface area contributed by atoms with Gasteiger partial charge in [0.2, 0.25) is 3.79 Å². The quantitative estimate of drug-likeness (QED) is 0.463. The van der Waals surface area contributed by atoms with Crippen molar-refractivity contribution in [2.75, 3.05) is 0 Å². The zero-order valence-electron chi connectivity index (χ0n) is 5.97. The molecule has 0 aromatic carbocycles. The number of alkyl halides is 3. The lowest BCUT2D eigenvalue weighted by Gasteiger charge is -2.21. The fourth-order valence-corrected chi connectivity index (χ4v) is 0.923. The Morgan fingerprint density at radius 1 is 1.67 bits per heavy atom. The van der Waals surface area contributed by atoms with E-state index in [-0.39, 0.29) is 6.42 Å². The van der Waals surface area contributed by atoms with Gasteiger partial charge in [0.1, 0.15) is 0 Å². The van der Waals surface area contributed by atoms with Crippen molar-refractivity contribution >= 4 is 41.0 Å². The van der Waals surface area contributed by atoms with Gasteiger partial charge in [-0.3, -0.25) is 0 Å². The Morgan fingerprint density at radius 2 is 2.17 bits per heavy atom. The van der Waals surface area contributed by atoms with Gasteiger partial charge < -0.3 is 9.84 Å². The Morgan fingerprint density at radius 3 is 2.42 bits per heavy atom. The van der Waals surface area contributed by atoms with Gasteiger partial charge in [-0.25, -0.2) is 4.79 Å². The van der Waals surface area contributed by atoms with E-state index in [1.54, 1.807) is 0 Å². The zero-order valence-corrected chi connectivity index (χ0v) is 8.23. The first-order valence-corrected chi connectivity index (χ1v) is 4.08. The van der Waals surface area contributed by atoms with Gasteiger partial charge in [-0.15, -0.1) is 6.58 Å². The molecule has 0 aromatic rings. The van der Waals surface area contributed by atoms with Crippen molar-refractivity contribution in [2.24, 2.45) is 0 Å². The van der Waals surface area contributed by atoms with Gasteiger partial charge in [-0.2, -0.15) is 0 Å². The molecule has 70 valence electrons. The number of ether oxygens (including phenoxy) is 1. The summed E-state index contributed by atoms with van der Waals surface area (Å²) >= 11 is 16.3. The van der Waals surface area contributed by atoms with E-state index in [0.29, 0.717) is 0 Å². The molecule has 0 amide bonds. The van der Waals surface area contributed by atoms with Gasteiger partial charge in [0.05, 0.1) is 0 Å². The van der Waals surface area contributed by atoms with Crippen molar-refractivity contribution in [3.05, 3.63) is 12.7 Å². The Balaban J connectivity index is 4.22. The van der Waals surface area contributed by atoms with Gasteiger partial charge in [-0.1, -0.05) is 40.9 Å². The second kappa shape index (κ2) is 4.80. The zero-order chi connectivity index (χ0) is 9.78. The predicted molar refractivity (Wildman–Crippen MR) is 48.0 cm³/mol. The first-order valence-electron chi connectivity index (χ1n) is 2.95. The molecule has 0 saturated carbocycles. The Labute approximate surface area is 84.9 Å². The van der Waals surface area contributed by atoms with Crippen LogP contribution in [0.15, 0.2) is 12.7 Å². The summed E-state index contributed by atoms with van der Waals surface area (Å²) in [4.78, 5) is 10.1. The molecule has 0 aliphatic heterocycles. The molecule has 1 unspecified atom stereocenters. The van der Waals surface area contributed by atoms with Crippen LogP contribution in [0.3, 0.4) is 0 Å². The second-order valence-corrected chi connectivity index (χ2v) is 4.31. The number of carbonyl (C=O) groups is 1. The minimum atomic E-state index is -1.76. The molecule has 0 rings (SSSR count). The first-order chi connectivity index (χ1) is 5.38. The maximum absolute atomic E-state index is 10.1. The normalized spacial score (nSPS) is 13.6. The summed E-state index contributed by atoms with van der Waals surface area (Å²) < 4.78 is 2.55. The van der Waals surface area contributed by atoms with Crippen LogP contribution in [0, 0.1) is 0 Å². The van der Waals surface area contributed by atoms with Crippen LogP contribution in [0.25, 0.3) is 0 Å². The van der Waals surface area contributed by atoms with E-state index in [0.717, 1.165) is 0 Å². The van der Waals surface area contributed by atoms with Crippen LogP contribution in [-0.2, 0) is 4.74 Å². The lowest BCUT2D eigenvalue weighted by Crippen LogP contribution is -2.30. The minimum absolute atomic E-state index is 0.156. The number of hydrogen-bond acceptors (Lipinski definition) is 2. The van der Waals surface area contributed by atoms with Gasteiger partial charge in [0, 0.05) is 6.42 Å². The van der Waals surface area contributed by atoms with Crippen molar-refractivity contribution < 1.29 is 14.6 Å². The molecule has 1 N–H and O–H groups in total. The minimum Gasteiger partial charge on any atom is -0.450 e. The second-order valence-electron chi connectivity index (χ2n) is 1.94. The Hall–Kier alpha value is -0.120. The molecule has 12 heavy (non-hydrogen) atoms. The molecule has 0 saturated heterocycles. The fourth-order valence-electron chi connectivity index (χ4n) is 0.522. The van der Waals surface area contributed by atoms with Crippen molar-refractivity contribution in [3.63, 3.8) is 0 Å². The Bertz CT molecular complexity index is 175. The van der Waals surface area contributed by atoms with Gasteiger partial charge in [0.25, 0.3) is 0 Å². The lowest BCUT2D eigenvalue weighted by molar-refractivity contribution is 0.0544. The summed E-state index contributed by atoms with van der Waals surface area (Å²) in [6.45, 7) is 3.37. The monoisotopic (exact) mass is 232 g/mol. The van der Waals surface area contributed by atoms with Crippen LogP contribution in [0.5, 0.6) is 0 Å². The van der Waals surface area contributed by atoms with Crippen LogP contribution in [0.4, 0.5) is 4.79 Å². The maximum atomic E-state index is 10.1. The third-order valence-corrected chi connectivity index (χ3v) is 1.72. The molecule has 1 atom stereocenters. The molecule has 0 aliphatic carbocycles. The maximum Gasteiger partial charge on any atom is 0.506 e. The highest BCUT2D eigenvalue weighted by atomic mass is 35.6. The third-order valence-electron chi connectivity index (χ3n) is 0.989. The highest BCUT2D eigenvalue weighted by Gasteiger charge is 2.34. The van der Waals surface area contributed by atoms with Crippen LogP contribution in [0.1, 0.15) is 6.42 Å². The summed E-state index contributed by atoms with van der Waals surface area (Å²) in [7, 11) is 0. The predicted octanol–water partition coefficient (Wildman–Crippen LogP) is 3.00. The molecule has 6 heteroatoms. The number of rotatable bonds is 3. The molecule has 0 aromatic heterocycles. The molecular weight excluding hydrogens is 226 g/mol. The molecule has 0 fully saturated rings. The topological polar surface area (TPSA) is 46.5 Å². The van der Waals surface area contributed by atoms with Crippen LogP contribution >= 0.6 is 34.8 Å². The van der Waals surface area contributed by atoms with E-state index < -0.39 is 16.1 Å². The van der Waals surface area contributed by atoms with E-state index in [1.165, 1.54) is 6.08 Å².